The molecular weight excluding hydrogens is 281 g/mol. The number of carbonyl (C=O) groups excluding carboxylic acids is 1. The molecule has 1 atom stereocenters. The largest absolute Gasteiger partial charge is 0.409 e. The number of hydrogen-bond donors (Lipinski definition) is 1. The minimum absolute atomic E-state index is 0.0514. The Bertz CT molecular complexity index is 684. The smallest absolute Gasteiger partial charge is 0.288 e. The number of halogens is 3. The number of carbonyl (C=O) groups is 1. The Balaban J connectivity index is 2.03. The minimum Gasteiger partial charge on any atom is -0.288 e. The minimum atomic E-state index is -4.46. The van der Waals surface area contributed by atoms with Gasteiger partial charge < -0.3 is 0 Å². The number of benzene rings is 2. The normalized spacial score (nSPS) is 18.0. The lowest BCUT2D eigenvalue weighted by Gasteiger charge is -2.29. The highest BCUT2D eigenvalue weighted by atomic mass is 19.4. The molecule has 6 heteroatoms. The Hall–Kier alpha value is -2.08. The van der Waals surface area contributed by atoms with Crippen LogP contribution in [0, 0.1) is 0 Å². The Kier molecular flexibility index (Phi) is 3.33. The molecule has 2 aromatic rings. The monoisotopic (exact) mass is 294 g/mol. The van der Waals surface area contributed by atoms with E-state index >= 15 is 0 Å². The summed E-state index contributed by atoms with van der Waals surface area (Å²) >= 11 is 0. The van der Waals surface area contributed by atoms with Crippen LogP contribution in [0.2, 0.25) is 0 Å². The lowest BCUT2D eigenvalue weighted by atomic mass is 10.0. The van der Waals surface area contributed by atoms with Crippen molar-refractivity contribution >= 4 is 16.7 Å². The van der Waals surface area contributed by atoms with Crippen molar-refractivity contribution in [1.82, 2.24) is 10.4 Å². The molecule has 0 bridgehead atoms. The van der Waals surface area contributed by atoms with Crippen LogP contribution in [0.25, 0.3) is 10.8 Å². The van der Waals surface area contributed by atoms with Gasteiger partial charge in [0.2, 0.25) is 5.91 Å². The lowest BCUT2D eigenvalue weighted by Crippen LogP contribution is -2.43. The first-order valence-electron chi connectivity index (χ1n) is 6.57. The Morgan fingerprint density at radius 1 is 1.10 bits per heavy atom. The van der Waals surface area contributed by atoms with Crippen LogP contribution >= 0.6 is 0 Å². The topological polar surface area (TPSA) is 32.3 Å². The van der Waals surface area contributed by atoms with Crippen molar-refractivity contribution in [3.8, 4) is 0 Å². The number of fused-ring (bicyclic) bond motifs is 1. The highest BCUT2D eigenvalue weighted by Gasteiger charge is 2.46. The van der Waals surface area contributed by atoms with Gasteiger partial charge >= 0.3 is 6.18 Å². The molecule has 0 radical (unpaired) electrons. The van der Waals surface area contributed by atoms with E-state index in [4.69, 9.17) is 0 Å². The fraction of sp³-hybridized carbons (Fsp3) is 0.267. The average Bonchev–Trinajstić information content (AvgIpc) is 2.83. The number of hydrazine groups is 1. The lowest BCUT2D eigenvalue weighted by molar-refractivity contribution is -0.191. The fourth-order valence-corrected chi connectivity index (χ4v) is 2.61. The molecular formula is C15H13F3N2O. The maximum absolute atomic E-state index is 13.4. The van der Waals surface area contributed by atoms with E-state index in [1.165, 1.54) is 12.1 Å². The molecule has 1 aliphatic rings. The Morgan fingerprint density at radius 3 is 2.43 bits per heavy atom. The highest BCUT2D eigenvalue weighted by Crippen LogP contribution is 2.38. The molecule has 1 heterocycles. The van der Waals surface area contributed by atoms with Gasteiger partial charge in [0, 0.05) is 13.0 Å². The van der Waals surface area contributed by atoms with Crippen LogP contribution < -0.4 is 5.43 Å². The van der Waals surface area contributed by atoms with Gasteiger partial charge in [-0.2, -0.15) is 13.2 Å². The number of hydrogen-bond acceptors (Lipinski definition) is 2. The molecule has 0 saturated carbocycles. The zero-order valence-electron chi connectivity index (χ0n) is 11.0. The van der Waals surface area contributed by atoms with Gasteiger partial charge in [-0.1, -0.05) is 36.4 Å². The second-order valence-corrected chi connectivity index (χ2v) is 5.03. The summed E-state index contributed by atoms with van der Waals surface area (Å²) in [6.45, 7) is 0.0514. The molecule has 1 fully saturated rings. The van der Waals surface area contributed by atoms with Crippen molar-refractivity contribution in [2.75, 3.05) is 6.54 Å². The van der Waals surface area contributed by atoms with Gasteiger partial charge in [-0.15, -0.1) is 0 Å². The molecule has 3 rings (SSSR count). The molecule has 21 heavy (non-hydrogen) atoms. The summed E-state index contributed by atoms with van der Waals surface area (Å²) in [5.74, 6) is -0.384. The summed E-state index contributed by atoms with van der Waals surface area (Å²) < 4.78 is 40.2. The van der Waals surface area contributed by atoms with Gasteiger partial charge in [0.05, 0.1) is 0 Å². The zero-order valence-corrected chi connectivity index (χ0v) is 11.0. The summed E-state index contributed by atoms with van der Waals surface area (Å²) in [4.78, 5) is 11.2. The summed E-state index contributed by atoms with van der Waals surface area (Å²) in [5.41, 5.74) is 2.41. The van der Waals surface area contributed by atoms with Gasteiger partial charge in [0.1, 0.15) is 6.04 Å². The van der Waals surface area contributed by atoms with Crippen LogP contribution in [0.1, 0.15) is 18.0 Å². The van der Waals surface area contributed by atoms with Crippen LogP contribution in [0.15, 0.2) is 42.5 Å². The Morgan fingerprint density at radius 2 is 1.81 bits per heavy atom. The van der Waals surface area contributed by atoms with Gasteiger partial charge in [-0.3, -0.25) is 10.2 Å². The highest BCUT2D eigenvalue weighted by molar-refractivity contribution is 5.83. The van der Waals surface area contributed by atoms with E-state index in [2.05, 4.69) is 5.43 Å². The first-order valence-corrected chi connectivity index (χ1v) is 6.57. The first kappa shape index (κ1) is 13.9. The molecule has 110 valence electrons. The molecule has 2 aromatic carbocycles. The molecule has 3 nitrogen and oxygen atoms in total. The fourth-order valence-electron chi connectivity index (χ4n) is 2.61. The number of rotatable bonds is 2. The van der Waals surface area contributed by atoms with Crippen LogP contribution in [0.3, 0.4) is 0 Å². The van der Waals surface area contributed by atoms with Crippen LogP contribution in [-0.2, 0) is 4.79 Å². The molecule has 1 saturated heterocycles. The van der Waals surface area contributed by atoms with E-state index in [0.717, 1.165) is 15.8 Å². The van der Waals surface area contributed by atoms with Crippen molar-refractivity contribution in [2.24, 2.45) is 0 Å². The molecule has 1 N–H and O–H groups in total. The van der Waals surface area contributed by atoms with Gasteiger partial charge in [-0.05, 0) is 22.4 Å². The second kappa shape index (κ2) is 5.04. The third kappa shape index (κ3) is 2.71. The van der Waals surface area contributed by atoms with E-state index < -0.39 is 12.2 Å². The van der Waals surface area contributed by atoms with Crippen LogP contribution in [0.4, 0.5) is 13.2 Å². The van der Waals surface area contributed by atoms with Crippen LogP contribution in [-0.4, -0.2) is 23.6 Å². The van der Waals surface area contributed by atoms with Gasteiger partial charge in [0.25, 0.3) is 0 Å². The average molecular weight is 294 g/mol. The van der Waals surface area contributed by atoms with Gasteiger partial charge in [-0.25, -0.2) is 5.01 Å². The third-order valence-electron chi connectivity index (χ3n) is 3.56. The van der Waals surface area contributed by atoms with Crippen molar-refractivity contribution in [1.29, 1.82) is 0 Å². The predicted octanol–water partition coefficient (Wildman–Crippen LogP) is 3.18. The molecule has 0 aliphatic carbocycles. The number of alkyl halides is 3. The zero-order chi connectivity index (χ0) is 15.0. The standard InChI is InChI=1S/C15H13F3N2O/c16-15(17,18)14(20-8-7-13(21)19-20)12-6-5-10-3-1-2-4-11(10)9-12/h1-6,9,14H,7-8H2,(H,19,21). The molecule has 0 spiro atoms. The quantitative estimate of drug-likeness (QED) is 0.922. The number of nitrogens with zero attached hydrogens (tertiary/aromatic N) is 1. The maximum Gasteiger partial charge on any atom is 0.409 e. The van der Waals surface area contributed by atoms with E-state index in [0.29, 0.717) is 0 Å². The summed E-state index contributed by atoms with van der Waals surface area (Å²) in [6.07, 6.45) is -4.37. The molecule has 0 aromatic heterocycles. The van der Waals surface area contributed by atoms with Crippen molar-refractivity contribution in [2.45, 2.75) is 18.6 Å². The summed E-state index contributed by atoms with van der Waals surface area (Å²) in [5, 5.41) is 2.59. The molecule has 1 amide bonds. The molecule has 1 aliphatic heterocycles. The van der Waals surface area contributed by atoms with E-state index in [9.17, 15) is 18.0 Å². The van der Waals surface area contributed by atoms with Crippen molar-refractivity contribution in [3.63, 3.8) is 0 Å². The predicted molar refractivity (Wildman–Crippen MR) is 72.2 cm³/mol. The van der Waals surface area contributed by atoms with Gasteiger partial charge in [0.15, 0.2) is 0 Å². The number of amides is 1. The second-order valence-electron chi connectivity index (χ2n) is 5.03. The number of nitrogens with one attached hydrogen (secondary N) is 1. The van der Waals surface area contributed by atoms with E-state index in [-0.39, 0.29) is 24.4 Å². The Labute approximate surface area is 119 Å². The molecule has 1 unspecified atom stereocenters. The maximum atomic E-state index is 13.4. The van der Waals surface area contributed by atoms with E-state index in [1.807, 2.05) is 12.1 Å². The third-order valence-corrected chi connectivity index (χ3v) is 3.56. The first-order chi connectivity index (χ1) is 9.95. The van der Waals surface area contributed by atoms with Crippen molar-refractivity contribution in [3.05, 3.63) is 48.0 Å². The SMILES string of the molecule is O=C1CCN(C(c2ccc3ccccc3c2)C(F)(F)F)N1. The van der Waals surface area contributed by atoms with Crippen LogP contribution in [0.5, 0.6) is 0 Å². The summed E-state index contributed by atoms with van der Waals surface area (Å²) in [6, 6.07) is 10.1. The van der Waals surface area contributed by atoms with E-state index in [1.54, 1.807) is 18.2 Å². The summed E-state index contributed by atoms with van der Waals surface area (Å²) in [7, 11) is 0. The van der Waals surface area contributed by atoms with Crippen molar-refractivity contribution < 1.29 is 18.0 Å².